The van der Waals surface area contributed by atoms with Gasteiger partial charge in [0.2, 0.25) is 5.88 Å². The van der Waals surface area contributed by atoms with Gasteiger partial charge in [-0.15, -0.1) is 0 Å². The fourth-order valence-corrected chi connectivity index (χ4v) is 3.26. The molecule has 0 aliphatic rings. The van der Waals surface area contributed by atoms with Crippen LogP contribution in [-0.4, -0.2) is 15.3 Å². The molecule has 162 valence electrons. The smallest absolute Gasteiger partial charge is 0.269 e. The number of carbonyl (C=O) groups excluding carboxylic acids is 1. The molecule has 2 heterocycles. The van der Waals surface area contributed by atoms with Crippen LogP contribution in [0.1, 0.15) is 11.1 Å². The molecule has 0 unspecified atom stereocenters. The Balaban J connectivity index is 1.75. The van der Waals surface area contributed by atoms with Gasteiger partial charge in [0.1, 0.15) is 28.6 Å². The van der Waals surface area contributed by atoms with Crippen molar-refractivity contribution in [1.29, 1.82) is 5.26 Å². The van der Waals surface area contributed by atoms with Crippen molar-refractivity contribution in [2.45, 2.75) is 6.54 Å². The highest BCUT2D eigenvalue weighted by Crippen LogP contribution is 2.29. The Labute approximate surface area is 194 Å². The quantitative estimate of drug-likeness (QED) is 0.343. The number of carbonyl (C=O) groups is 1. The lowest BCUT2D eigenvalue weighted by Crippen LogP contribution is -2.25. The highest BCUT2D eigenvalue weighted by Gasteiger charge is 2.18. The minimum absolute atomic E-state index is 0.0509. The molecule has 7 nitrogen and oxygen atoms in total. The van der Waals surface area contributed by atoms with Crippen molar-refractivity contribution in [3.05, 3.63) is 111 Å². The van der Waals surface area contributed by atoms with Gasteiger partial charge < -0.3 is 10.1 Å². The molecule has 0 saturated heterocycles. The van der Waals surface area contributed by atoms with Crippen molar-refractivity contribution < 1.29 is 9.53 Å². The first-order valence-electron chi connectivity index (χ1n) is 9.94. The van der Waals surface area contributed by atoms with E-state index < -0.39 is 11.5 Å². The fraction of sp³-hybridized carbons (Fsp3) is 0.0400. The fourth-order valence-electron chi connectivity index (χ4n) is 3.08. The SMILES string of the molecule is N#CC(=Cc1c(Oc2ccccc2Cl)nc2ccccn2c1=O)C(=O)NCc1ccccc1. The van der Waals surface area contributed by atoms with Crippen molar-refractivity contribution in [2.75, 3.05) is 0 Å². The Kier molecular flexibility index (Phi) is 6.48. The van der Waals surface area contributed by atoms with Gasteiger partial charge in [-0.3, -0.25) is 14.0 Å². The summed E-state index contributed by atoms with van der Waals surface area (Å²) in [6, 6.07) is 22.9. The largest absolute Gasteiger partial charge is 0.437 e. The van der Waals surface area contributed by atoms with Gasteiger partial charge in [-0.1, -0.05) is 60.1 Å². The van der Waals surface area contributed by atoms with Gasteiger partial charge in [0.15, 0.2) is 0 Å². The van der Waals surface area contributed by atoms with E-state index in [0.29, 0.717) is 10.7 Å². The maximum absolute atomic E-state index is 13.2. The third kappa shape index (κ3) is 4.92. The number of nitrogens with one attached hydrogen (secondary N) is 1. The zero-order valence-electron chi connectivity index (χ0n) is 17.2. The van der Waals surface area contributed by atoms with Gasteiger partial charge in [-0.05, 0) is 35.9 Å². The second kappa shape index (κ2) is 9.81. The number of ether oxygens (including phenoxy) is 1. The first-order chi connectivity index (χ1) is 16.1. The molecule has 2 aromatic heterocycles. The standard InChI is InChI=1S/C25H17ClN4O3/c26-20-10-4-5-11-21(20)33-24-19(25(32)30-13-7-6-12-22(30)29-24)14-18(15-27)23(31)28-16-17-8-2-1-3-9-17/h1-14H,16H2,(H,28,31). The first kappa shape index (κ1) is 21.8. The van der Waals surface area contributed by atoms with E-state index in [-0.39, 0.29) is 29.3 Å². The van der Waals surface area contributed by atoms with Crippen LogP contribution in [-0.2, 0) is 11.3 Å². The van der Waals surface area contributed by atoms with Crippen molar-refractivity contribution in [3.8, 4) is 17.7 Å². The molecule has 0 saturated carbocycles. The van der Waals surface area contributed by atoms with E-state index in [1.165, 1.54) is 10.5 Å². The summed E-state index contributed by atoms with van der Waals surface area (Å²) >= 11 is 6.20. The lowest BCUT2D eigenvalue weighted by molar-refractivity contribution is -0.117. The lowest BCUT2D eigenvalue weighted by atomic mass is 10.1. The van der Waals surface area contributed by atoms with E-state index in [9.17, 15) is 14.9 Å². The average Bonchev–Trinajstić information content (AvgIpc) is 2.84. The third-order valence-corrected chi connectivity index (χ3v) is 5.04. The van der Waals surface area contributed by atoms with Crippen LogP contribution in [0.15, 0.2) is 89.4 Å². The Morgan fingerprint density at radius 2 is 1.82 bits per heavy atom. The molecule has 1 N–H and O–H groups in total. The second-order valence-electron chi connectivity index (χ2n) is 6.94. The van der Waals surface area contributed by atoms with E-state index in [2.05, 4.69) is 10.3 Å². The number of aromatic nitrogens is 2. The van der Waals surface area contributed by atoms with E-state index in [1.54, 1.807) is 48.7 Å². The topological polar surface area (TPSA) is 96.5 Å². The van der Waals surface area contributed by atoms with Crippen LogP contribution >= 0.6 is 11.6 Å². The molecule has 8 heteroatoms. The van der Waals surface area contributed by atoms with Crippen LogP contribution < -0.4 is 15.6 Å². The number of nitriles is 1. The highest BCUT2D eigenvalue weighted by atomic mass is 35.5. The Bertz CT molecular complexity index is 1460. The number of amides is 1. The zero-order chi connectivity index (χ0) is 23.2. The summed E-state index contributed by atoms with van der Waals surface area (Å²) in [4.78, 5) is 30.3. The Morgan fingerprint density at radius 1 is 1.09 bits per heavy atom. The minimum Gasteiger partial charge on any atom is -0.437 e. The third-order valence-electron chi connectivity index (χ3n) is 4.73. The Morgan fingerprint density at radius 3 is 2.58 bits per heavy atom. The molecule has 4 aromatic rings. The predicted octanol–water partition coefficient (Wildman–Crippen LogP) is 4.36. The number of hydrogen-bond donors (Lipinski definition) is 1. The molecule has 1 amide bonds. The summed E-state index contributed by atoms with van der Waals surface area (Å²) in [5, 5.41) is 12.6. The van der Waals surface area contributed by atoms with Gasteiger partial charge in [-0.25, -0.2) is 0 Å². The molecule has 0 bridgehead atoms. The summed E-state index contributed by atoms with van der Waals surface area (Å²) in [5.41, 5.74) is 0.410. The van der Waals surface area contributed by atoms with Crippen molar-refractivity contribution in [2.24, 2.45) is 0 Å². The number of fused-ring (bicyclic) bond motifs is 1. The van der Waals surface area contributed by atoms with Crippen molar-refractivity contribution >= 4 is 29.2 Å². The molecular weight excluding hydrogens is 440 g/mol. The molecule has 2 aromatic carbocycles. The van der Waals surface area contributed by atoms with Gasteiger partial charge in [0.05, 0.1) is 5.02 Å². The summed E-state index contributed by atoms with van der Waals surface area (Å²) < 4.78 is 7.15. The lowest BCUT2D eigenvalue weighted by Gasteiger charge is -2.11. The number of benzene rings is 2. The molecule has 0 fully saturated rings. The molecule has 33 heavy (non-hydrogen) atoms. The molecule has 4 rings (SSSR count). The van der Waals surface area contributed by atoms with Crippen LogP contribution in [0.5, 0.6) is 11.6 Å². The van der Waals surface area contributed by atoms with E-state index in [4.69, 9.17) is 16.3 Å². The number of hydrogen-bond acceptors (Lipinski definition) is 5. The average molecular weight is 457 g/mol. The van der Waals surface area contributed by atoms with Crippen molar-refractivity contribution in [3.63, 3.8) is 0 Å². The highest BCUT2D eigenvalue weighted by molar-refractivity contribution is 6.32. The van der Waals surface area contributed by atoms with Gasteiger partial charge in [-0.2, -0.15) is 10.2 Å². The summed E-state index contributed by atoms with van der Waals surface area (Å²) in [5.74, 6) is -0.404. The number of halogens is 1. The normalized spacial score (nSPS) is 11.1. The molecule has 0 aliphatic carbocycles. The van der Waals surface area contributed by atoms with Crippen LogP contribution in [0.2, 0.25) is 5.02 Å². The monoisotopic (exact) mass is 456 g/mol. The molecule has 0 atom stereocenters. The first-order valence-corrected chi connectivity index (χ1v) is 10.3. The summed E-state index contributed by atoms with van der Waals surface area (Å²) in [6.07, 6.45) is 2.73. The number of rotatable bonds is 6. The van der Waals surface area contributed by atoms with Crippen molar-refractivity contribution in [1.82, 2.24) is 14.7 Å². The van der Waals surface area contributed by atoms with Crippen LogP contribution in [0.3, 0.4) is 0 Å². The minimum atomic E-state index is -0.623. The number of pyridine rings is 1. The number of nitrogens with zero attached hydrogens (tertiary/aromatic N) is 3. The molecule has 0 spiro atoms. The van der Waals surface area contributed by atoms with Gasteiger partial charge in [0.25, 0.3) is 11.5 Å². The Hall–Kier alpha value is -4.41. The second-order valence-corrected chi connectivity index (χ2v) is 7.34. The van der Waals surface area contributed by atoms with Crippen LogP contribution in [0.25, 0.3) is 11.7 Å². The predicted molar refractivity (Wildman–Crippen MR) is 125 cm³/mol. The molecule has 0 radical (unpaired) electrons. The molecular formula is C25H17ClN4O3. The summed E-state index contributed by atoms with van der Waals surface area (Å²) in [6.45, 7) is 0.233. The van der Waals surface area contributed by atoms with E-state index in [1.807, 2.05) is 36.4 Å². The maximum Gasteiger partial charge on any atom is 0.269 e. The maximum atomic E-state index is 13.2. The zero-order valence-corrected chi connectivity index (χ0v) is 18.0. The van der Waals surface area contributed by atoms with Crippen LogP contribution in [0.4, 0.5) is 0 Å². The van der Waals surface area contributed by atoms with Gasteiger partial charge >= 0.3 is 0 Å². The van der Waals surface area contributed by atoms with Crippen LogP contribution in [0, 0.1) is 11.3 Å². The van der Waals surface area contributed by atoms with Gasteiger partial charge in [0, 0.05) is 12.7 Å². The van der Waals surface area contributed by atoms with E-state index >= 15 is 0 Å². The molecule has 0 aliphatic heterocycles. The number of para-hydroxylation sites is 1. The summed E-state index contributed by atoms with van der Waals surface area (Å²) in [7, 11) is 0. The van der Waals surface area contributed by atoms with E-state index in [0.717, 1.165) is 5.56 Å².